The second kappa shape index (κ2) is 8.21. The van der Waals surface area contributed by atoms with Crippen molar-refractivity contribution in [3.8, 4) is 5.75 Å². The van der Waals surface area contributed by atoms with Gasteiger partial charge in [0.2, 0.25) is 10.0 Å². The summed E-state index contributed by atoms with van der Waals surface area (Å²) in [5.41, 5.74) is 6.10. The van der Waals surface area contributed by atoms with Crippen LogP contribution >= 0.6 is 0 Å². The first-order valence-electron chi connectivity index (χ1n) is 7.10. The van der Waals surface area contributed by atoms with E-state index in [-0.39, 0.29) is 4.90 Å². The van der Waals surface area contributed by atoms with Crippen LogP contribution in [-0.4, -0.2) is 46.6 Å². The maximum Gasteiger partial charge on any atom is 0.240 e. The van der Waals surface area contributed by atoms with Gasteiger partial charge in [-0.15, -0.1) is 0 Å². The van der Waals surface area contributed by atoms with Crippen LogP contribution in [-0.2, 0) is 10.0 Å². The van der Waals surface area contributed by atoms with Crippen LogP contribution in [0.3, 0.4) is 0 Å². The number of nitrogens with zero attached hydrogens (tertiary/aromatic N) is 1. The van der Waals surface area contributed by atoms with E-state index in [9.17, 15) is 8.42 Å². The highest BCUT2D eigenvalue weighted by Crippen LogP contribution is 2.24. The van der Waals surface area contributed by atoms with Gasteiger partial charge in [0.05, 0.1) is 17.7 Å². The minimum absolute atomic E-state index is 0.159. The molecular weight excluding hydrogens is 290 g/mol. The maximum absolute atomic E-state index is 12.2. The lowest BCUT2D eigenvalue weighted by molar-refractivity contribution is 0.293. The number of hydrogen-bond acceptors (Lipinski definition) is 5. The van der Waals surface area contributed by atoms with Gasteiger partial charge in [0.25, 0.3) is 0 Å². The Kier molecular flexibility index (Phi) is 6.94. The number of nitrogen functional groups attached to an aromatic ring is 1. The molecule has 0 saturated carbocycles. The van der Waals surface area contributed by atoms with Crippen LogP contribution in [0.15, 0.2) is 23.1 Å². The Morgan fingerprint density at radius 1 is 1.29 bits per heavy atom. The zero-order valence-electron chi connectivity index (χ0n) is 12.9. The van der Waals surface area contributed by atoms with Crippen LogP contribution in [0.1, 0.15) is 20.3 Å². The Bertz CT molecular complexity index is 546. The summed E-state index contributed by atoms with van der Waals surface area (Å²) < 4.78 is 32.1. The number of hydrogen-bond donors (Lipinski definition) is 2. The number of likely N-dealkylation sites (N-methyl/N-ethyl adjacent to an activating group) is 1. The molecule has 3 N–H and O–H groups in total. The number of benzene rings is 1. The van der Waals surface area contributed by atoms with Gasteiger partial charge in [-0.05, 0) is 31.6 Å². The van der Waals surface area contributed by atoms with Crippen molar-refractivity contribution in [3.63, 3.8) is 0 Å². The topological polar surface area (TPSA) is 84.7 Å². The van der Waals surface area contributed by atoms with Crippen molar-refractivity contribution in [1.82, 2.24) is 9.62 Å². The summed E-state index contributed by atoms with van der Waals surface area (Å²) in [5.74, 6) is 0.360. The van der Waals surface area contributed by atoms with E-state index in [2.05, 4.69) is 23.5 Å². The first-order chi connectivity index (χ1) is 9.94. The Hall–Kier alpha value is -1.31. The number of sulfonamides is 1. The molecule has 0 spiro atoms. The zero-order chi connectivity index (χ0) is 15.9. The molecule has 0 bridgehead atoms. The van der Waals surface area contributed by atoms with E-state index in [1.54, 1.807) is 0 Å². The predicted octanol–water partition coefficient (Wildman–Crippen LogP) is 1.29. The first-order valence-corrected chi connectivity index (χ1v) is 8.58. The lowest BCUT2D eigenvalue weighted by Gasteiger charge is -2.19. The van der Waals surface area contributed by atoms with Gasteiger partial charge in [0.15, 0.2) is 0 Å². The molecule has 1 rings (SSSR count). The summed E-state index contributed by atoms with van der Waals surface area (Å²) in [4.78, 5) is 2.36. The van der Waals surface area contributed by atoms with Gasteiger partial charge in [0, 0.05) is 19.2 Å². The molecule has 7 heteroatoms. The van der Waals surface area contributed by atoms with Crippen molar-refractivity contribution >= 4 is 15.7 Å². The Morgan fingerprint density at radius 2 is 2.00 bits per heavy atom. The molecule has 0 unspecified atom stereocenters. The minimum Gasteiger partial charge on any atom is -0.495 e. The highest BCUT2D eigenvalue weighted by atomic mass is 32.2. The van der Waals surface area contributed by atoms with Crippen molar-refractivity contribution < 1.29 is 13.2 Å². The molecular formula is C14H25N3O3S. The highest BCUT2D eigenvalue weighted by Gasteiger charge is 2.15. The Labute approximate surface area is 127 Å². The summed E-state index contributed by atoms with van der Waals surface area (Å²) in [7, 11) is -2.08. The van der Waals surface area contributed by atoms with Gasteiger partial charge in [-0.25, -0.2) is 13.1 Å². The largest absolute Gasteiger partial charge is 0.495 e. The van der Waals surface area contributed by atoms with Crippen LogP contribution in [0.4, 0.5) is 5.69 Å². The molecule has 0 aliphatic rings. The van der Waals surface area contributed by atoms with E-state index in [1.165, 1.54) is 25.3 Å². The average molecular weight is 315 g/mol. The van der Waals surface area contributed by atoms with Crippen molar-refractivity contribution in [2.45, 2.75) is 25.2 Å². The molecule has 0 atom stereocenters. The molecule has 1 aromatic rings. The van der Waals surface area contributed by atoms with Gasteiger partial charge in [0.1, 0.15) is 5.75 Å². The lowest BCUT2D eigenvalue weighted by Crippen LogP contribution is -2.35. The molecule has 120 valence electrons. The summed E-state index contributed by atoms with van der Waals surface area (Å²) in [6, 6.07) is 4.44. The van der Waals surface area contributed by atoms with E-state index < -0.39 is 10.0 Å². The SMILES string of the molecule is CCCN(CC)CCNS(=O)(=O)c1ccc(N)c(OC)c1. The predicted molar refractivity (Wildman–Crippen MR) is 85.0 cm³/mol. The molecule has 21 heavy (non-hydrogen) atoms. The molecule has 0 aromatic heterocycles. The van der Waals surface area contributed by atoms with E-state index in [1.807, 2.05) is 0 Å². The summed E-state index contributed by atoms with van der Waals surface area (Å²) in [6.07, 6.45) is 1.05. The van der Waals surface area contributed by atoms with Crippen LogP contribution in [0, 0.1) is 0 Å². The van der Waals surface area contributed by atoms with Crippen molar-refractivity contribution in [2.75, 3.05) is 39.0 Å². The third-order valence-electron chi connectivity index (χ3n) is 3.22. The molecule has 0 aliphatic heterocycles. The second-order valence-corrected chi connectivity index (χ2v) is 6.50. The zero-order valence-corrected chi connectivity index (χ0v) is 13.7. The normalized spacial score (nSPS) is 11.8. The number of ether oxygens (including phenoxy) is 1. The fourth-order valence-electron chi connectivity index (χ4n) is 2.02. The van der Waals surface area contributed by atoms with E-state index >= 15 is 0 Å². The van der Waals surface area contributed by atoms with E-state index in [0.29, 0.717) is 24.5 Å². The Morgan fingerprint density at radius 3 is 2.57 bits per heavy atom. The van der Waals surface area contributed by atoms with E-state index in [4.69, 9.17) is 10.5 Å². The first kappa shape index (κ1) is 17.7. The molecule has 1 aromatic carbocycles. The minimum atomic E-state index is -3.54. The van der Waals surface area contributed by atoms with Gasteiger partial charge in [-0.1, -0.05) is 13.8 Å². The third-order valence-corrected chi connectivity index (χ3v) is 4.68. The summed E-state index contributed by atoms with van der Waals surface area (Å²) >= 11 is 0. The van der Waals surface area contributed by atoms with Crippen LogP contribution in [0.25, 0.3) is 0 Å². The molecule has 0 radical (unpaired) electrons. The summed E-state index contributed by atoms with van der Waals surface area (Å²) in [5, 5.41) is 0. The molecule has 0 amide bonds. The molecule has 0 aliphatic carbocycles. The summed E-state index contributed by atoms with van der Waals surface area (Å²) in [6.45, 7) is 7.11. The van der Waals surface area contributed by atoms with Crippen molar-refractivity contribution in [2.24, 2.45) is 0 Å². The number of nitrogens with one attached hydrogen (secondary N) is 1. The number of nitrogens with two attached hydrogens (primary N) is 1. The van der Waals surface area contributed by atoms with E-state index in [0.717, 1.165) is 19.5 Å². The van der Waals surface area contributed by atoms with Crippen molar-refractivity contribution in [3.05, 3.63) is 18.2 Å². The Balaban J connectivity index is 2.69. The van der Waals surface area contributed by atoms with Crippen LogP contribution in [0.5, 0.6) is 5.75 Å². The molecule has 0 saturated heterocycles. The lowest BCUT2D eigenvalue weighted by atomic mass is 10.3. The quantitative estimate of drug-likeness (QED) is 0.671. The second-order valence-electron chi connectivity index (χ2n) is 4.74. The standard InChI is InChI=1S/C14H25N3O3S/c1-4-9-17(5-2)10-8-16-21(18,19)12-6-7-13(15)14(11-12)20-3/h6-7,11,16H,4-5,8-10,15H2,1-3H3. The smallest absolute Gasteiger partial charge is 0.240 e. The van der Waals surface area contributed by atoms with Crippen molar-refractivity contribution in [1.29, 1.82) is 0 Å². The fraction of sp³-hybridized carbons (Fsp3) is 0.571. The third kappa shape index (κ3) is 5.18. The highest BCUT2D eigenvalue weighted by molar-refractivity contribution is 7.89. The fourth-order valence-corrected chi connectivity index (χ4v) is 3.06. The molecule has 6 nitrogen and oxygen atoms in total. The number of methoxy groups -OCH3 is 1. The van der Waals surface area contributed by atoms with Gasteiger partial charge < -0.3 is 15.4 Å². The van der Waals surface area contributed by atoms with Crippen LogP contribution in [0.2, 0.25) is 0 Å². The molecule has 0 heterocycles. The number of rotatable bonds is 9. The van der Waals surface area contributed by atoms with Gasteiger partial charge in [-0.3, -0.25) is 0 Å². The number of anilines is 1. The maximum atomic E-state index is 12.2. The van der Waals surface area contributed by atoms with Gasteiger partial charge in [-0.2, -0.15) is 0 Å². The molecule has 0 fully saturated rings. The van der Waals surface area contributed by atoms with Gasteiger partial charge >= 0.3 is 0 Å². The average Bonchev–Trinajstić information content (AvgIpc) is 2.46. The van der Waals surface area contributed by atoms with Crippen LogP contribution < -0.4 is 15.2 Å². The monoisotopic (exact) mass is 315 g/mol.